The molecule has 0 spiro atoms. The van der Waals surface area contributed by atoms with Crippen molar-refractivity contribution in [2.24, 2.45) is 40.9 Å². The first-order valence-corrected chi connectivity index (χ1v) is 26.7. The highest BCUT2D eigenvalue weighted by atomic mass is 32.2. The van der Waals surface area contributed by atoms with Gasteiger partial charge in [0.05, 0.1) is 40.8 Å². The lowest BCUT2D eigenvalue weighted by Gasteiger charge is -2.11. The highest BCUT2D eigenvalue weighted by Gasteiger charge is 2.16. The van der Waals surface area contributed by atoms with Crippen molar-refractivity contribution in [1.29, 1.82) is 0 Å². The van der Waals surface area contributed by atoms with Gasteiger partial charge in [0.25, 0.3) is 20.2 Å². The van der Waals surface area contributed by atoms with Gasteiger partial charge in [-0.1, -0.05) is 36.4 Å². The van der Waals surface area contributed by atoms with Gasteiger partial charge >= 0.3 is 21.2 Å². The second-order valence-electron chi connectivity index (χ2n) is 16.0. The van der Waals surface area contributed by atoms with Gasteiger partial charge < -0.3 is 15.2 Å². The molecule has 0 fully saturated rings. The van der Waals surface area contributed by atoms with E-state index in [1.54, 1.807) is 25.1 Å². The Bertz CT molecular complexity index is 3820. The molecule has 0 aliphatic rings. The van der Waals surface area contributed by atoms with E-state index < -0.39 is 52.1 Å². The van der Waals surface area contributed by atoms with Gasteiger partial charge in [0, 0.05) is 22.8 Å². The van der Waals surface area contributed by atoms with Crippen molar-refractivity contribution in [3.8, 4) is 11.5 Å². The number of phenols is 1. The van der Waals surface area contributed by atoms with Crippen LogP contribution in [0.2, 0.25) is 0 Å². The molecule has 4 N–H and O–H groups in total. The minimum absolute atomic E-state index is 0.0299. The van der Waals surface area contributed by atoms with Gasteiger partial charge in [-0.05, 0) is 153 Å². The highest BCUT2D eigenvalue weighted by molar-refractivity contribution is 7.86. The van der Waals surface area contributed by atoms with E-state index in [0.717, 1.165) is 39.0 Å². The van der Waals surface area contributed by atoms with E-state index in [0.29, 0.717) is 39.4 Å². The molecule has 0 aliphatic heterocycles. The normalized spacial score (nSPS) is 11.7. The lowest BCUT2D eigenvalue weighted by molar-refractivity contribution is 0.317. The highest BCUT2D eigenvalue weighted by Crippen LogP contribution is 2.40. The number of hydrogen-bond donors (Lipinski definition) is 4. The Labute approximate surface area is 433 Å². The van der Waals surface area contributed by atoms with Crippen molar-refractivity contribution < 1.29 is 61.0 Å². The summed E-state index contributed by atoms with van der Waals surface area (Å²) in [6.45, 7) is 9.12. The van der Waals surface area contributed by atoms with Crippen LogP contribution in [0, 0.1) is 34.6 Å². The zero-order chi connectivity index (χ0) is 55.0. The smallest absolute Gasteiger partial charge is 0.425 e. The average Bonchev–Trinajstić information content (AvgIpc) is 3.33. The molecule has 7 rings (SSSR count). The zero-order valence-corrected chi connectivity index (χ0v) is 43.5. The van der Waals surface area contributed by atoms with E-state index in [1.165, 1.54) is 24.3 Å². The third-order valence-electron chi connectivity index (χ3n) is 10.3. The van der Waals surface area contributed by atoms with E-state index in [4.69, 9.17) is 30.0 Å². The summed E-state index contributed by atoms with van der Waals surface area (Å²) in [5, 5.41) is 51.1. The first-order valence-electron chi connectivity index (χ1n) is 21.7. The molecule has 0 saturated heterocycles. The van der Waals surface area contributed by atoms with Crippen LogP contribution in [0.3, 0.4) is 0 Å². The van der Waals surface area contributed by atoms with Crippen LogP contribution in [-0.2, 0) is 41.5 Å². The molecule has 0 aromatic heterocycles. The summed E-state index contributed by atoms with van der Waals surface area (Å²) >= 11 is 0. The van der Waals surface area contributed by atoms with Gasteiger partial charge in [-0.3, -0.25) is 9.11 Å². The molecule has 27 heteroatoms. The molecule has 0 amide bonds. The van der Waals surface area contributed by atoms with Crippen LogP contribution < -0.4 is 10.1 Å². The average molecular weight is 1100 g/mol. The van der Waals surface area contributed by atoms with Crippen LogP contribution in [0.1, 0.15) is 34.2 Å². The topological polar surface area (TPSA) is 352 Å². The maximum atomic E-state index is 11.9. The van der Waals surface area contributed by atoms with Crippen molar-refractivity contribution in [2.75, 3.05) is 17.7 Å². The second-order valence-corrected chi connectivity index (χ2v) is 19.7. The molecule has 0 atom stereocenters. The molecule has 7 aromatic carbocycles. The van der Waals surface area contributed by atoms with Crippen LogP contribution in [0.25, 0.3) is 10.8 Å². The van der Waals surface area contributed by atoms with Crippen molar-refractivity contribution >= 4 is 109 Å². The van der Waals surface area contributed by atoms with Crippen LogP contribution in [0.15, 0.2) is 167 Å². The summed E-state index contributed by atoms with van der Waals surface area (Å²) in [7, 11) is -15.0. The lowest BCUT2D eigenvalue weighted by atomic mass is 10.1. The Morgan fingerprint density at radius 2 is 0.907 bits per heavy atom. The predicted molar refractivity (Wildman–Crippen MR) is 277 cm³/mol. The SMILES string of the molecule is Cc1cc(N=Nc2cc(C)c(N=Nc3ccccc3S(=O)(=O)O)cc2OCCCS(=O)(=O)O)c(C)cc1N=Nc1cc(C)c(N=Nc2ccc3cc(Nc4ccccc4)ccc3c2O)cc1C.O=S(=O)=O.O=S(=O)=O. The maximum absolute atomic E-state index is 11.9. The Morgan fingerprint density at radius 3 is 1.40 bits per heavy atom. The van der Waals surface area contributed by atoms with Gasteiger partial charge in [-0.25, -0.2) is 0 Å². The molecule has 75 heavy (non-hydrogen) atoms. The summed E-state index contributed by atoms with van der Waals surface area (Å²) < 4.78 is 122. The number of nitrogens with one attached hydrogen (secondary N) is 1. The number of phenolic OH excluding ortho intramolecular Hbond substituents is 1. The first-order chi connectivity index (χ1) is 35.4. The van der Waals surface area contributed by atoms with Crippen molar-refractivity contribution in [1.82, 2.24) is 0 Å². The number of nitrogens with zero attached hydrogens (tertiary/aromatic N) is 8. The number of para-hydroxylation sites is 1. The second kappa shape index (κ2) is 26.0. The molecule has 0 radical (unpaired) electrons. The number of anilines is 2. The maximum Gasteiger partial charge on any atom is 0.425 e. The third kappa shape index (κ3) is 17.7. The molecule has 390 valence electrons. The number of hydrogen-bond acceptors (Lipinski definition) is 21. The lowest BCUT2D eigenvalue weighted by Crippen LogP contribution is -2.08. The van der Waals surface area contributed by atoms with E-state index in [1.807, 2.05) is 107 Å². The molecule has 0 aliphatic carbocycles. The van der Waals surface area contributed by atoms with Gasteiger partial charge in [0.15, 0.2) is 5.75 Å². The quantitative estimate of drug-likeness (QED) is 0.0397. The largest absolute Gasteiger partial charge is 0.505 e. The molecule has 7 aromatic rings. The molecule has 0 heterocycles. The fourth-order valence-electron chi connectivity index (χ4n) is 6.73. The van der Waals surface area contributed by atoms with Crippen LogP contribution in [-0.4, -0.2) is 68.7 Å². The number of azo groups is 4. The number of rotatable bonds is 16. The summed E-state index contributed by atoms with van der Waals surface area (Å²) in [5.41, 5.74) is 8.71. The van der Waals surface area contributed by atoms with E-state index in [9.17, 15) is 31.0 Å². The van der Waals surface area contributed by atoms with Gasteiger partial charge in [0.1, 0.15) is 27.7 Å². The Morgan fingerprint density at radius 1 is 0.480 bits per heavy atom. The molecule has 23 nitrogen and oxygen atoms in total. The van der Waals surface area contributed by atoms with Crippen molar-refractivity contribution in [2.45, 2.75) is 45.9 Å². The van der Waals surface area contributed by atoms with E-state index >= 15 is 0 Å². The monoisotopic (exact) mass is 1100 g/mol. The number of aryl methyl sites for hydroxylation is 5. The van der Waals surface area contributed by atoms with Crippen molar-refractivity contribution in [3.05, 3.63) is 149 Å². The van der Waals surface area contributed by atoms with E-state index in [-0.39, 0.29) is 41.6 Å². The minimum atomic E-state index is -4.57. The first kappa shape index (κ1) is 57.6. The number of fused-ring (bicyclic) bond motifs is 1. The predicted octanol–water partition coefficient (Wildman–Crippen LogP) is 12.4. The number of aromatic hydroxyl groups is 1. The molecule has 0 saturated carbocycles. The van der Waals surface area contributed by atoms with Gasteiger partial charge in [0.2, 0.25) is 0 Å². The Balaban J connectivity index is 0.00000121. The molecular formula is C48H45N9O14S4. The summed E-state index contributed by atoms with van der Waals surface area (Å²) in [6, 6.07) is 35.2. The van der Waals surface area contributed by atoms with E-state index in [2.05, 4.69) is 46.2 Å². The Hall–Kier alpha value is -8.34. The Kier molecular flexibility index (Phi) is 20.0. The van der Waals surface area contributed by atoms with Crippen LogP contribution in [0.5, 0.6) is 11.5 Å². The van der Waals surface area contributed by atoms with Gasteiger partial charge in [-0.2, -0.15) is 42.4 Å². The summed E-state index contributed by atoms with van der Waals surface area (Å²) in [5.74, 6) is -0.328. The molecule has 0 bridgehead atoms. The zero-order valence-electron chi connectivity index (χ0n) is 40.2. The third-order valence-corrected chi connectivity index (χ3v) is 12.1. The molecular weight excluding hydrogens is 1050 g/mol. The molecule has 0 unspecified atom stereocenters. The number of ether oxygens (including phenoxy) is 1. The summed E-state index contributed by atoms with van der Waals surface area (Å²) in [4.78, 5) is -0.423. The van der Waals surface area contributed by atoms with Crippen LogP contribution in [0.4, 0.5) is 56.9 Å². The fraction of sp³-hybridized carbons (Fsp3) is 0.167. The van der Waals surface area contributed by atoms with Gasteiger partial charge in [-0.15, -0.1) is 40.6 Å². The van der Waals surface area contributed by atoms with Crippen LogP contribution >= 0.6 is 0 Å². The summed E-state index contributed by atoms with van der Waals surface area (Å²) in [6.07, 6.45) is -0.0299. The standard InChI is InChI=1S/C48H45N9O8S2.2O3S/c1-29-23-41(30(2)22-40(29)52-51-39-19-16-34-27-36(17-18-37(34)48(39)58)49-35-12-7-6-8-13-35)53-54-42-24-32(4)43(25-31(42)3)55-57-45-26-33(5)44(28-46(45)65-20-11-21-66(59,60)61)56-50-38-14-9-10-15-47(38)67(62,63)64;2*1-4(2)3/h6-10,12-19,22-28,49,58H,11,20-21H2,1-5H3,(H,59,60,61)(H,62,63,64);;. The minimum Gasteiger partial charge on any atom is -0.505 e. The van der Waals surface area contributed by atoms with Crippen molar-refractivity contribution in [3.63, 3.8) is 0 Å². The number of benzene rings is 7. The fourth-order valence-corrected chi connectivity index (χ4v) is 7.83.